The molecule has 1 aromatic heterocycles. The Labute approximate surface area is 165 Å². The number of nitro groups is 1. The van der Waals surface area contributed by atoms with Crippen LogP contribution >= 0.6 is 11.6 Å². The number of aromatic nitrogens is 2. The molecular weight excluding hydrogens is 382 g/mol. The van der Waals surface area contributed by atoms with Crippen molar-refractivity contribution in [3.8, 4) is 5.69 Å². The highest BCUT2D eigenvalue weighted by Gasteiger charge is 2.15. The number of halogens is 1. The van der Waals surface area contributed by atoms with E-state index >= 15 is 0 Å². The fraction of sp³-hybridized carbons (Fsp3) is 0.105. The molecule has 0 saturated heterocycles. The minimum atomic E-state index is -0.566. The number of carbonyl (C=O) groups excluding carboxylic acids is 1. The molecule has 0 saturated carbocycles. The molecule has 28 heavy (non-hydrogen) atoms. The molecular formula is C19H16ClN5O3. The predicted molar refractivity (Wildman–Crippen MR) is 106 cm³/mol. The normalized spacial score (nSPS) is 11.0. The highest BCUT2D eigenvalue weighted by molar-refractivity contribution is 6.32. The Morgan fingerprint density at radius 3 is 2.64 bits per heavy atom. The first-order valence-electron chi connectivity index (χ1n) is 8.27. The fourth-order valence-electron chi connectivity index (χ4n) is 2.61. The second-order valence-electron chi connectivity index (χ2n) is 5.99. The molecule has 0 fully saturated rings. The summed E-state index contributed by atoms with van der Waals surface area (Å²) in [5.74, 6) is -0.566. The summed E-state index contributed by atoms with van der Waals surface area (Å²) >= 11 is 6.19. The van der Waals surface area contributed by atoms with E-state index in [2.05, 4.69) is 15.6 Å². The number of nitrogens with zero attached hydrogens (tertiary/aromatic N) is 4. The van der Waals surface area contributed by atoms with Gasteiger partial charge in [0.05, 0.1) is 28.1 Å². The lowest BCUT2D eigenvalue weighted by atomic mass is 10.1. The van der Waals surface area contributed by atoms with Crippen LogP contribution in [0, 0.1) is 24.0 Å². The van der Waals surface area contributed by atoms with E-state index in [1.165, 1.54) is 24.4 Å². The van der Waals surface area contributed by atoms with E-state index in [1.807, 2.05) is 37.3 Å². The zero-order valence-electron chi connectivity index (χ0n) is 15.1. The van der Waals surface area contributed by atoms with Crippen molar-refractivity contribution in [2.75, 3.05) is 0 Å². The number of aryl methyl sites for hydroxylation is 1. The maximum Gasteiger partial charge on any atom is 0.273 e. The molecule has 0 radical (unpaired) electrons. The summed E-state index contributed by atoms with van der Waals surface area (Å²) in [4.78, 5) is 22.7. The average Bonchev–Trinajstić information content (AvgIpc) is 2.97. The maximum absolute atomic E-state index is 12.2. The summed E-state index contributed by atoms with van der Waals surface area (Å²) in [6.07, 6.45) is 1.39. The summed E-state index contributed by atoms with van der Waals surface area (Å²) in [5.41, 5.74) is 4.98. The molecule has 0 bridgehead atoms. The van der Waals surface area contributed by atoms with Gasteiger partial charge < -0.3 is 0 Å². The van der Waals surface area contributed by atoms with Gasteiger partial charge in [0.15, 0.2) is 5.15 Å². The van der Waals surface area contributed by atoms with Crippen LogP contribution < -0.4 is 5.43 Å². The third-order valence-corrected chi connectivity index (χ3v) is 4.43. The number of nitro benzene ring substituents is 1. The molecule has 3 aromatic rings. The SMILES string of the molecule is Cc1ccc(C(=O)N/N=C\c2c(Cl)nn(-c3ccccc3)c2C)cc1[N+](=O)[O-]. The van der Waals surface area contributed by atoms with Crippen LogP contribution in [0.25, 0.3) is 5.69 Å². The lowest BCUT2D eigenvalue weighted by molar-refractivity contribution is -0.385. The smallest absolute Gasteiger partial charge is 0.267 e. The van der Waals surface area contributed by atoms with Gasteiger partial charge in [-0.25, -0.2) is 10.1 Å². The van der Waals surface area contributed by atoms with Gasteiger partial charge in [-0.15, -0.1) is 0 Å². The molecule has 8 nitrogen and oxygen atoms in total. The summed E-state index contributed by atoms with van der Waals surface area (Å²) < 4.78 is 1.68. The van der Waals surface area contributed by atoms with Crippen LogP contribution in [0.3, 0.4) is 0 Å². The Hall–Kier alpha value is -3.52. The molecule has 1 N–H and O–H groups in total. The molecule has 0 spiro atoms. The second-order valence-corrected chi connectivity index (χ2v) is 6.35. The van der Waals surface area contributed by atoms with Crippen LogP contribution in [0.4, 0.5) is 5.69 Å². The number of nitrogens with one attached hydrogen (secondary N) is 1. The number of carbonyl (C=O) groups is 1. The largest absolute Gasteiger partial charge is 0.273 e. The summed E-state index contributed by atoms with van der Waals surface area (Å²) in [6, 6.07) is 13.7. The van der Waals surface area contributed by atoms with E-state index in [-0.39, 0.29) is 16.4 Å². The van der Waals surface area contributed by atoms with Crippen molar-refractivity contribution >= 4 is 29.4 Å². The molecule has 0 aliphatic heterocycles. The van der Waals surface area contributed by atoms with Crippen molar-refractivity contribution in [2.24, 2.45) is 5.10 Å². The quantitative estimate of drug-likeness (QED) is 0.401. The van der Waals surface area contributed by atoms with Crippen molar-refractivity contribution in [3.63, 3.8) is 0 Å². The first-order chi connectivity index (χ1) is 13.4. The van der Waals surface area contributed by atoms with E-state index in [1.54, 1.807) is 11.6 Å². The number of rotatable bonds is 5. The van der Waals surface area contributed by atoms with Crippen molar-refractivity contribution in [1.29, 1.82) is 0 Å². The van der Waals surface area contributed by atoms with Crippen LogP contribution in [0.5, 0.6) is 0 Å². The highest BCUT2D eigenvalue weighted by Crippen LogP contribution is 2.21. The monoisotopic (exact) mass is 397 g/mol. The Kier molecular flexibility index (Phi) is 5.51. The Bertz CT molecular complexity index is 1080. The van der Waals surface area contributed by atoms with Gasteiger partial charge in [-0.1, -0.05) is 35.9 Å². The Morgan fingerprint density at radius 2 is 1.96 bits per heavy atom. The fourth-order valence-corrected chi connectivity index (χ4v) is 2.88. The molecule has 1 amide bonds. The van der Waals surface area contributed by atoms with Crippen LogP contribution in [-0.2, 0) is 0 Å². The maximum atomic E-state index is 12.2. The number of benzene rings is 2. The average molecular weight is 398 g/mol. The summed E-state index contributed by atoms with van der Waals surface area (Å²) in [7, 11) is 0. The van der Waals surface area contributed by atoms with Crippen molar-refractivity contribution in [2.45, 2.75) is 13.8 Å². The Balaban J connectivity index is 1.78. The van der Waals surface area contributed by atoms with Gasteiger partial charge in [-0.05, 0) is 32.0 Å². The van der Waals surface area contributed by atoms with Gasteiger partial charge >= 0.3 is 0 Å². The molecule has 0 atom stereocenters. The van der Waals surface area contributed by atoms with Crippen molar-refractivity contribution in [1.82, 2.24) is 15.2 Å². The van der Waals surface area contributed by atoms with Gasteiger partial charge in [0, 0.05) is 17.2 Å². The molecule has 0 unspecified atom stereocenters. The standard InChI is InChI=1S/C19H16ClN5O3/c1-12-8-9-14(10-17(12)25(27)28)19(26)22-21-11-16-13(2)24(23-18(16)20)15-6-4-3-5-7-15/h3-11H,1-2H3,(H,22,26)/b21-11-. The zero-order chi connectivity index (χ0) is 20.3. The lowest BCUT2D eigenvalue weighted by Gasteiger charge is -2.03. The molecule has 142 valence electrons. The molecule has 3 rings (SSSR count). The third kappa shape index (κ3) is 3.91. The van der Waals surface area contributed by atoms with E-state index in [0.717, 1.165) is 11.4 Å². The van der Waals surface area contributed by atoms with Gasteiger partial charge in [0.2, 0.25) is 0 Å². The van der Waals surface area contributed by atoms with E-state index in [0.29, 0.717) is 11.1 Å². The lowest BCUT2D eigenvalue weighted by Crippen LogP contribution is -2.18. The molecule has 9 heteroatoms. The van der Waals surface area contributed by atoms with E-state index in [9.17, 15) is 14.9 Å². The Morgan fingerprint density at radius 1 is 1.25 bits per heavy atom. The number of hydrazone groups is 1. The van der Waals surface area contributed by atoms with Gasteiger partial charge in [0.1, 0.15) is 0 Å². The van der Waals surface area contributed by atoms with Crippen LogP contribution in [-0.4, -0.2) is 26.8 Å². The number of hydrogen-bond donors (Lipinski definition) is 1. The first kappa shape index (κ1) is 19.2. The van der Waals surface area contributed by atoms with Crippen molar-refractivity contribution < 1.29 is 9.72 Å². The van der Waals surface area contributed by atoms with Crippen LogP contribution in [0.2, 0.25) is 5.15 Å². The molecule has 0 aliphatic carbocycles. The molecule has 2 aromatic carbocycles. The second kappa shape index (κ2) is 8.01. The topological polar surface area (TPSA) is 102 Å². The van der Waals surface area contributed by atoms with Gasteiger partial charge in [0.25, 0.3) is 11.6 Å². The molecule has 1 heterocycles. The number of amides is 1. The van der Waals surface area contributed by atoms with Crippen LogP contribution in [0.1, 0.15) is 27.2 Å². The zero-order valence-corrected chi connectivity index (χ0v) is 15.8. The number of hydrogen-bond acceptors (Lipinski definition) is 5. The minimum Gasteiger partial charge on any atom is -0.267 e. The van der Waals surface area contributed by atoms with Crippen LogP contribution in [0.15, 0.2) is 53.6 Å². The van der Waals surface area contributed by atoms with Gasteiger partial charge in [-0.3, -0.25) is 14.9 Å². The summed E-state index contributed by atoms with van der Waals surface area (Å²) in [6.45, 7) is 3.44. The number of para-hydroxylation sites is 1. The van der Waals surface area contributed by atoms with Crippen molar-refractivity contribution in [3.05, 3.63) is 86.2 Å². The summed E-state index contributed by atoms with van der Waals surface area (Å²) in [5, 5.41) is 19.4. The highest BCUT2D eigenvalue weighted by atomic mass is 35.5. The first-order valence-corrected chi connectivity index (χ1v) is 8.65. The van der Waals surface area contributed by atoms with Gasteiger partial charge in [-0.2, -0.15) is 10.2 Å². The minimum absolute atomic E-state index is 0.125. The predicted octanol–water partition coefficient (Wildman–Crippen LogP) is 3.81. The van der Waals surface area contributed by atoms with E-state index in [4.69, 9.17) is 11.6 Å². The van der Waals surface area contributed by atoms with E-state index < -0.39 is 10.8 Å². The molecule has 0 aliphatic rings. The third-order valence-electron chi connectivity index (χ3n) is 4.15.